The van der Waals surface area contributed by atoms with Gasteiger partial charge in [0, 0.05) is 37.4 Å². The zero-order chi connectivity index (χ0) is 14.8. The maximum Gasteiger partial charge on any atom is 0.239 e. The van der Waals surface area contributed by atoms with E-state index in [1.807, 2.05) is 29.7 Å². The second kappa shape index (κ2) is 6.18. The minimum absolute atomic E-state index is 0.112. The molecule has 0 aromatic carbocycles. The Balaban J connectivity index is 1.65. The molecule has 1 aromatic heterocycles. The van der Waals surface area contributed by atoms with Crippen LogP contribution in [0.3, 0.4) is 0 Å². The first-order valence-corrected chi connectivity index (χ1v) is 8.22. The Bertz CT molecular complexity index is 504. The Kier molecular flexibility index (Phi) is 4.29. The molecular weight excluding hydrogens is 264 g/mol. The average molecular weight is 290 g/mol. The zero-order valence-electron chi connectivity index (χ0n) is 13.1. The zero-order valence-corrected chi connectivity index (χ0v) is 13.1. The number of piperidine rings is 1. The highest BCUT2D eigenvalue weighted by atomic mass is 16.2. The lowest BCUT2D eigenvalue weighted by atomic mass is 9.92. The SMILES string of the molecule is CC(NC1CCCc2c1cnn2C)C(=O)N1CCCCC1. The van der Waals surface area contributed by atoms with E-state index in [-0.39, 0.29) is 18.0 Å². The van der Waals surface area contributed by atoms with Crippen LogP contribution in [0.4, 0.5) is 0 Å². The molecule has 2 heterocycles. The molecule has 0 saturated carbocycles. The summed E-state index contributed by atoms with van der Waals surface area (Å²) in [5.74, 6) is 0.255. The maximum atomic E-state index is 12.5. The standard InChI is InChI=1S/C16H26N4O/c1-12(16(21)20-9-4-3-5-10-20)18-14-7-6-8-15-13(14)11-17-19(15)2/h11-12,14,18H,3-10H2,1-2H3. The predicted molar refractivity (Wildman–Crippen MR) is 81.9 cm³/mol. The number of aryl methyl sites for hydroxylation is 1. The van der Waals surface area contributed by atoms with Crippen LogP contribution >= 0.6 is 0 Å². The molecule has 1 aliphatic carbocycles. The third-order valence-corrected chi connectivity index (χ3v) is 4.87. The highest BCUT2D eigenvalue weighted by Gasteiger charge is 2.28. The summed E-state index contributed by atoms with van der Waals surface area (Å²) in [7, 11) is 2.00. The van der Waals surface area contributed by atoms with Crippen LogP contribution in [0, 0.1) is 0 Å². The molecule has 3 rings (SSSR count). The van der Waals surface area contributed by atoms with E-state index < -0.39 is 0 Å². The Morgan fingerprint density at radius 1 is 1.33 bits per heavy atom. The number of hydrogen-bond donors (Lipinski definition) is 1. The minimum Gasteiger partial charge on any atom is -0.341 e. The average Bonchev–Trinajstić information content (AvgIpc) is 2.90. The fourth-order valence-corrected chi connectivity index (χ4v) is 3.64. The summed E-state index contributed by atoms with van der Waals surface area (Å²) in [5, 5.41) is 7.91. The number of aromatic nitrogens is 2. The van der Waals surface area contributed by atoms with Gasteiger partial charge in [-0.15, -0.1) is 0 Å². The van der Waals surface area contributed by atoms with Crippen LogP contribution in [-0.2, 0) is 18.3 Å². The summed E-state index contributed by atoms with van der Waals surface area (Å²) in [6.45, 7) is 3.85. The molecule has 2 aliphatic rings. The van der Waals surface area contributed by atoms with E-state index >= 15 is 0 Å². The van der Waals surface area contributed by atoms with Crippen LogP contribution in [0.5, 0.6) is 0 Å². The molecule has 5 nitrogen and oxygen atoms in total. The highest BCUT2D eigenvalue weighted by molar-refractivity contribution is 5.81. The number of nitrogens with zero attached hydrogens (tertiary/aromatic N) is 3. The minimum atomic E-state index is -0.112. The van der Waals surface area contributed by atoms with Crippen LogP contribution in [-0.4, -0.2) is 39.7 Å². The number of hydrogen-bond acceptors (Lipinski definition) is 3. The Labute approximate surface area is 126 Å². The van der Waals surface area contributed by atoms with E-state index in [9.17, 15) is 4.79 Å². The summed E-state index contributed by atoms with van der Waals surface area (Å²) < 4.78 is 1.97. The summed E-state index contributed by atoms with van der Waals surface area (Å²) in [5.41, 5.74) is 2.60. The van der Waals surface area contributed by atoms with Gasteiger partial charge >= 0.3 is 0 Å². The molecule has 0 spiro atoms. The predicted octanol–water partition coefficient (Wildman–Crippen LogP) is 1.79. The first kappa shape index (κ1) is 14.6. The molecule has 0 bridgehead atoms. The van der Waals surface area contributed by atoms with Crippen molar-refractivity contribution in [1.29, 1.82) is 0 Å². The third kappa shape index (κ3) is 2.98. The van der Waals surface area contributed by atoms with Crippen molar-refractivity contribution < 1.29 is 4.79 Å². The monoisotopic (exact) mass is 290 g/mol. The molecule has 1 aliphatic heterocycles. The van der Waals surface area contributed by atoms with Crippen LogP contribution in [0.1, 0.15) is 56.3 Å². The van der Waals surface area contributed by atoms with Gasteiger partial charge in [0.25, 0.3) is 0 Å². The summed E-state index contributed by atoms with van der Waals surface area (Å²) in [6, 6.07) is 0.158. The van der Waals surface area contributed by atoms with Crippen LogP contribution in [0.25, 0.3) is 0 Å². The second-order valence-electron chi connectivity index (χ2n) is 6.39. The largest absolute Gasteiger partial charge is 0.341 e. The summed E-state index contributed by atoms with van der Waals surface area (Å²) >= 11 is 0. The topological polar surface area (TPSA) is 50.2 Å². The van der Waals surface area contributed by atoms with Gasteiger partial charge in [-0.05, 0) is 45.4 Å². The van der Waals surface area contributed by atoms with Gasteiger partial charge in [-0.1, -0.05) is 0 Å². The van der Waals surface area contributed by atoms with Crippen molar-refractivity contribution in [2.45, 2.75) is 57.5 Å². The molecular formula is C16H26N4O. The summed E-state index contributed by atoms with van der Waals surface area (Å²) in [4.78, 5) is 14.6. The molecule has 0 radical (unpaired) electrons. The lowest BCUT2D eigenvalue weighted by Gasteiger charge is -2.32. The van der Waals surface area contributed by atoms with Gasteiger partial charge in [0.15, 0.2) is 0 Å². The number of likely N-dealkylation sites (tertiary alicyclic amines) is 1. The lowest BCUT2D eigenvalue weighted by molar-refractivity contribution is -0.134. The Morgan fingerprint density at radius 2 is 2.10 bits per heavy atom. The smallest absolute Gasteiger partial charge is 0.239 e. The van der Waals surface area contributed by atoms with Crippen molar-refractivity contribution >= 4 is 5.91 Å². The quantitative estimate of drug-likeness (QED) is 0.923. The molecule has 2 unspecified atom stereocenters. The van der Waals surface area contributed by atoms with Crippen molar-refractivity contribution in [1.82, 2.24) is 20.0 Å². The van der Waals surface area contributed by atoms with Gasteiger partial charge in [0.2, 0.25) is 5.91 Å². The van der Waals surface area contributed by atoms with Gasteiger partial charge in [-0.3, -0.25) is 14.8 Å². The molecule has 2 atom stereocenters. The molecule has 1 fully saturated rings. The first-order chi connectivity index (χ1) is 10.2. The number of fused-ring (bicyclic) bond motifs is 1. The van der Waals surface area contributed by atoms with Gasteiger partial charge < -0.3 is 4.90 Å². The molecule has 1 amide bonds. The Hall–Kier alpha value is -1.36. The van der Waals surface area contributed by atoms with Crippen molar-refractivity contribution in [2.24, 2.45) is 7.05 Å². The number of amides is 1. The van der Waals surface area contributed by atoms with Crippen LogP contribution in [0.2, 0.25) is 0 Å². The van der Waals surface area contributed by atoms with Gasteiger partial charge in [-0.2, -0.15) is 5.10 Å². The van der Waals surface area contributed by atoms with Gasteiger partial charge in [-0.25, -0.2) is 0 Å². The lowest BCUT2D eigenvalue weighted by Crippen LogP contribution is -2.48. The molecule has 21 heavy (non-hydrogen) atoms. The highest BCUT2D eigenvalue weighted by Crippen LogP contribution is 2.29. The third-order valence-electron chi connectivity index (χ3n) is 4.87. The van der Waals surface area contributed by atoms with Crippen LogP contribution < -0.4 is 5.32 Å². The van der Waals surface area contributed by atoms with Gasteiger partial charge in [0.05, 0.1) is 12.2 Å². The summed E-state index contributed by atoms with van der Waals surface area (Å²) in [6.07, 6.45) is 8.87. The molecule has 1 aromatic rings. The fraction of sp³-hybridized carbons (Fsp3) is 0.750. The maximum absolute atomic E-state index is 12.5. The van der Waals surface area contributed by atoms with E-state index in [2.05, 4.69) is 10.4 Å². The van der Waals surface area contributed by atoms with E-state index in [1.165, 1.54) is 17.7 Å². The van der Waals surface area contributed by atoms with Crippen molar-refractivity contribution in [2.75, 3.05) is 13.1 Å². The number of carbonyl (C=O) groups excluding carboxylic acids is 1. The van der Waals surface area contributed by atoms with Crippen LogP contribution in [0.15, 0.2) is 6.20 Å². The second-order valence-corrected chi connectivity index (χ2v) is 6.39. The molecule has 5 heteroatoms. The molecule has 1 saturated heterocycles. The number of carbonyl (C=O) groups is 1. The first-order valence-electron chi connectivity index (χ1n) is 8.22. The number of rotatable bonds is 3. The van der Waals surface area contributed by atoms with E-state index in [4.69, 9.17) is 0 Å². The Morgan fingerprint density at radius 3 is 2.86 bits per heavy atom. The number of nitrogens with one attached hydrogen (secondary N) is 1. The molecule has 1 N–H and O–H groups in total. The van der Waals surface area contributed by atoms with E-state index in [0.717, 1.165) is 45.2 Å². The van der Waals surface area contributed by atoms with E-state index in [0.29, 0.717) is 0 Å². The van der Waals surface area contributed by atoms with Crippen molar-refractivity contribution in [3.63, 3.8) is 0 Å². The normalized spacial score (nSPS) is 23.7. The van der Waals surface area contributed by atoms with Crippen molar-refractivity contribution in [3.05, 3.63) is 17.5 Å². The van der Waals surface area contributed by atoms with Gasteiger partial charge in [0.1, 0.15) is 0 Å². The van der Waals surface area contributed by atoms with E-state index in [1.54, 1.807) is 0 Å². The fourth-order valence-electron chi connectivity index (χ4n) is 3.64. The van der Waals surface area contributed by atoms with Crippen molar-refractivity contribution in [3.8, 4) is 0 Å². The molecule has 116 valence electrons.